The summed E-state index contributed by atoms with van der Waals surface area (Å²) in [5, 5.41) is 11.4. The number of carbonyl (C=O) groups is 3. The molecule has 1 heterocycles. The van der Waals surface area contributed by atoms with Crippen LogP contribution in [0.4, 0.5) is 0 Å². The van der Waals surface area contributed by atoms with Gasteiger partial charge >= 0.3 is 5.97 Å². The molecule has 0 radical (unpaired) electrons. The third-order valence-electron chi connectivity index (χ3n) is 3.52. The van der Waals surface area contributed by atoms with E-state index in [4.69, 9.17) is 15.6 Å². The highest BCUT2D eigenvalue weighted by Crippen LogP contribution is 2.13. The molecule has 2 atom stereocenters. The van der Waals surface area contributed by atoms with Gasteiger partial charge in [0.25, 0.3) is 0 Å². The highest BCUT2D eigenvalue weighted by molar-refractivity contribution is 5.89. The number of rotatable bonds is 6. The summed E-state index contributed by atoms with van der Waals surface area (Å²) in [5.41, 5.74) is 6.19. The summed E-state index contributed by atoms with van der Waals surface area (Å²) >= 11 is 0. The van der Waals surface area contributed by atoms with Crippen molar-refractivity contribution in [3.05, 3.63) is 35.4 Å². The van der Waals surface area contributed by atoms with Crippen LogP contribution in [-0.4, -0.2) is 41.6 Å². The van der Waals surface area contributed by atoms with E-state index in [1.807, 2.05) is 0 Å². The van der Waals surface area contributed by atoms with E-state index in [0.717, 1.165) is 6.42 Å². The molecule has 1 saturated heterocycles. The molecule has 2 rings (SSSR count). The van der Waals surface area contributed by atoms with Crippen molar-refractivity contribution in [2.24, 2.45) is 5.73 Å². The standard InChI is InChI=1S/C15H18N2O5/c16-13(18)11(17-14(19)12-2-1-7-22-12)8-9-3-5-10(6-4-9)15(20)21/h3-6,11-12H,1-2,7-8H2,(H2,16,18)(H,17,19)(H,20,21)/t11-,12-/m1/s1. The fraction of sp³-hybridized carbons (Fsp3) is 0.400. The minimum atomic E-state index is -1.02. The molecule has 0 aliphatic carbocycles. The summed E-state index contributed by atoms with van der Waals surface area (Å²) in [6, 6.07) is 5.22. The van der Waals surface area contributed by atoms with Crippen molar-refractivity contribution in [3.8, 4) is 0 Å². The molecule has 0 saturated carbocycles. The second-order valence-electron chi connectivity index (χ2n) is 5.17. The van der Waals surface area contributed by atoms with Gasteiger partial charge in [-0.15, -0.1) is 0 Å². The lowest BCUT2D eigenvalue weighted by molar-refractivity contribution is -0.133. The zero-order chi connectivity index (χ0) is 16.1. The molecule has 1 aromatic carbocycles. The molecule has 4 N–H and O–H groups in total. The van der Waals surface area contributed by atoms with Gasteiger partial charge in [0.1, 0.15) is 12.1 Å². The molecule has 0 bridgehead atoms. The highest BCUT2D eigenvalue weighted by Gasteiger charge is 2.27. The predicted molar refractivity (Wildman–Crippen MR) is 77.2 cm³/mol. The molecule has 1 aromatic rings. The lowest BCUT2D eigenvalue weighted by Crippen LogP contribution is -2.49. The number of primary amides is 1. The fourth-order valence-electron chi connectivity index (χ4n) is 2.29. The maximum atomic E-state index is 12.0. The van der Waals surface area contributed by atoms with E-state index in [0.29, 0.717) is 18.6 Å². The number of aromatic carboxylic acids is 1. The normalized spacial score (nSPS) is 18.6. The number of amides is 2. The van der Waals surface area contributed by atoms with Crippen LogP contribution in [0.5, 0.6) is 0 Å². The topological polar surface area (TPSA) is 119 Å². The van der Waals surface area contributed by atoms with Crippen molar-refractivity contribution in [2.45, 2.75) is 31.4 Å². The van der Waals surface area contributed by atoms with Crippen molar-refractivity contribution in [1.82, 2.24) is 5.32 Å². The van der Waals surface area contributed by atoms with Crippen LogP contribution in [0, 0.1) is 0 Å². The average molecular weight is 306 g/mol. The zero-order valence-corrected chi connectivity index (χ0v) is 12.0. The van der Waals surface area contributed by atoms with Crippen LogP contribution in [0.15, 0.2) is 24.3 Å². The average Bonchev–Trinajstić information content (AvgIpc) is 3.01. The summed E-state index contributed by atoms with van der Waals surface area (Å²) in [6.45, 7) is 0.538. The summed E-state index contributed by atoms with van der Waals surface area (Å²) in [4.78, 5) is 34.3. The van der Waals surface area contributed by atoms with Gasteiger partial charge in [-0.3, -0.25) is 9.59 Å². The van der Waals surface area contributed by atoms with Gasteiger partial charge in [0, 0.05) is 13.0 Å². The first-order chi connectivity index (χ1) is 10.5. The van der Waals surface area contributed by atoms with E-state index in [2.05, 4.69) is 5.32 Å². The van der Waals surface area contributed by atoms with E-state index >= 15 is 0 Å². The zero-order valence-electron chi connectivity index (χ0n) is 12.0. The molecular formula is C15H18N2O5. The number of hydrogen-bond acceptors (Lipinski definition) is 4. The fourth-order valence-corrected chi connectivity index (χ4v) is 2.29. The molecule has 0 spiro atoms. The van der Waals surface area contributed by atoms with Crippen LogP contribution in [0.3, 0.4) is 0 Å². The maximum absolute atomic E-state index is 12.0. The molecule has 1 aliphatic heterocycles. The molecule has 1 aliphatic rings. The molecule has 7 nitrogen and oxygen atoms in total. The Labute approximate surface area is 127 Å². The Kier molecular flexibility index (Phi) is 5.11. The van der Waals surface area contributed by atoms with Gasteiger partial charge in [-0.1, -0.05) is 12.1 Å². The van der Waals surface area contributed by atoms with E-state index < -0.39 is 24.0 Å². The first kappa shape index (κ1) is 16.0. The monoisotopic (exact) mass is 306 g/mol. The summed E-state index contributed by atoms with van der Waals surface area (Å²) in [5.74, 6) is -2.01. The molecule has 1 fully saturated rings. The second kappa shape index (κ2) is 7.04. The quantitative estimate of drug-likeness (QED) is 0.687. The minimum absolute atomic E-state index is 0.155. The summed E-state index contributed by atoms with van der Waals surface area (Å²) in [7, 11) is 0. The minimum Gasteiger partial charge on any atom is -0.478 e. The lowest BCUT2D eigenvalue weighted by atomic mass is 10.0. The Hall–Kier alpha value is -2.41. The number of ether oxygens (including phenoxy) is 1. The molecule has 2 amide bonds. The molecule has 7 heteroatoms. The van der Waals surface area contributed by atoms with Gasteiger partial charge in [0.05, 0.1) is 5.56 Å². The van der Waals surface area contributed by atoms with Gasteiger partial charge in [-0.05, 0) is 30.5 Å². The van der Waals surface area contributed by atoms with Gasteiger partial charge in [-0.25, -0.2) is 4.79 Å². The van der Waals surface area contributed by atoms with Gasteiger partial charge < -0.3 is 20.9 Å². The van der Waals surface area contributed by atoms with Gasteiger partial charge in [0.15, 0.2) is 0 Å². The van der Waals surface area contributed by atoms with Crippen molar-refractivity contribution in [1.29, 1.82) is 0 Å². The Morgan fingerprint density at radius 3 is 2.50 bits per heavy atom. The third kappa shape index (κ3) is 4.05. The van der Waals surface area contributed by atoms with Crippen LogP contribution in [-0.2, 0) is 20.7 Å². The van der Waals surface area contributed by atoms with Gasteiger partial charge in [-0.2, -0.15) is 0 Å². The van der Waals surface area contributed by atoms with E-state index in [-0.39, 0.29) is 17.9 Å². The number of nitrogens with two attached hydrogens (primary N) is 1. The number of hydrogen-bond donors (Lipinski definition) is 3. The Morgan fingerprint density at radius 1 is 1.32 bits per heavy atom. The number of carbonyl (C=O) groups excluding carboxylic acids is 2. The Bertz CT molecular complexity index is 564. The van der Waals surface area contributed by atoms with Crippen molar-refractivity contribution < 1.29 is 24.2 Å². The number of carboxylic acid groups (broad SMARTS) is 1. The summed E-state index contributed by atoms with van der Waals surface area (Å²) in [6.07, 6.45) is 1.12. The van der Waals surface area contributed by atoms with Gasteiger partial charge in [0.2, 0.25) is 11.8 Å². The molecule has 0 aromatic heterocycles. The van der Waals surface area contributed by atoms with E-state index in [1.165, 1.54) is 12.1 Å². The smallest absolute Gasteiger partial charge is 0.335 e. The predicted octanol–water partition coefficient (Wildman–Crippen LogP) is 0.0764. The second-order valence-corrected chi connectivity index (χ2v) is 5.17. The van der Waals surface area contributed by atoms with Crippen LogP contribution in [0.2, 0.25) is 0 Å². The largest absolute Gasteiger partial charge is 0.478 e. The van der Waals surface area contributed by atoms with Crippen molar-refractivity contribution >= 4 is 17.8 Å². The lowest BCUT2D eigenvalue weighted by Gasteiger charge is -2.18. The first-order valence-electron chi connectivity index (χ1n) is 7.01. The van der Waals surface area contributed by atoms with Crippen LogP contribution >= 0.6 is 0 Å². The van der Waals surface area contributed by atoms with Crippen molar-refractivity contribution in [2.75, 3.05) is 6.61 Å². The summed E-state index contributed by atoms with van der Waals surface area (Å²) < 4.78 is 5.26. The molecule has 22 heavy (non-hydrogen) atoms. The van der Waals surface area contributed by atoms with E-state index in [9.17, 15) is 14.4 Å². The van der Waals surface area contributed by atoms with Crippen molar-refractivity contribution in [3.63, 3.8) is 0 Å². The van der Waals surface area contributed by atoms with Crippen LogP contribution < -0.4 is 11.1 Å². The number of benzene rings is 1. The first-order valence-corrected chi connectivity index (χ1v) is 7.01. The van der Waals surface area contributed by atoms with Crippen LogP contribution in [0.25, 0.3) is 0 Å². The Balaban J connectivity index is 2.00. The maximum Gasteiger partial charge on any atom is 0.335 e. The SMILES string of the molecule is NC(=O)[C@@H](Cc1ccc(C(=O)O)cc1)NC(=O)[C@H]1CCCO1. The highest BCUT2D eigenvalue weighted by atomic mass is 16.5. The molecule has 118 valence electrons. The number of carboxylic acids is 1. The molecule has 0 unspecified atom stereocenters. The van der Waals surface area contributed by atoms with E-state index in [1.54, 1.807) is 12.1 Å². The molecular weight excluding hydrogens is 288 g/mol. The van der Waals surface area contributed by atoms with Crippen LogP contribution in [0.1, 0.15) is 28.8 Å². The Morgan fingerprint density at radius 2 is 2.00 bits per heavy atom. The number of nitrogens with one attached hydrogen (secondary N) is 1. The third-order valence-corrected chi connectivity index (χ3v) is 3.52.